The van der Waals surface area contributed by atoms with Crippen LogP contribution in [0.5, 0.6) is 5.75 Å². The summed E-state index contributed by atoms with van der Waals surface area (Å²) in [5.41, 5.74) is 2.85. The van der Waals surface area contributed by atoms with Crippen molar-refractivity contribution in [1.82, 2.24) is 4.98 Å². The number of aromatic nitrogens is 1. The maximum Gasteiger partial charge on any atom is 0.343 e. The van der Waals surface area contributed by atoms with Crippen LogP contribution in [0.1, 0.15) is 41.3 Å². The van der Waals surface area contributed by atoms with Crippen LogP contribution in [0.15, 0.2) is 36.5 Å². The smallest absolute Gasteiger partial charge is 0.343 e. The lowest BCUT2D eigenvalue weighted by Crippen LogP contribution is -2.09. The standard InChI is InChI=1S/C16H16ClNO2/c1-10(2)14-6-4-12(8-11(14)3)16(19)20-13-5-7-15(17)18-9-13/h4-10H,1-3H3. The van der Waals surface area contributed by atoms with Crippen LogP contribution < -0.4 is 4.74 Å². The van der Waals surface area contributed by atoms with Crippen LogP contribution in [0.2, 0.25) is 5.15 Å². The topological polar surface area (TPSA) is 39.2 Å². The Hall–Kier alpha value is -1.87. The zero-order chi connectivity index (χ0) is 14.7. The van der Waals surface area contributed by atoms with Crippen molar-refractivity contribution in [2.75, 3.05) is 0 Å². The van der Waals surface area contributed by atoms with Gasteiger partial charge in [-0.1, -0.05) is 31.5 Å². The van der Waals surface area contributed by atoms with Crippen molar-refractivity contribution in [1.29, 1.82) is 0 Å². The number of carbonyl (C=O) groups excluding carboxylic acids is 1. The fraction of sp³-hybridized carbons (Fsp3) is 0.250. The Labute approximate surface area is 123 Å². The van der Waals surface area contributed by atoms with E-state index in [0.717, 1.165) is 5.56 Å². The highest BCUT2D eigenvalue weighted by atomic mass is 35.5. The van der Waals surface area contributed by atoms with Gasteiger partial charge in [-0.15, -0.1) is 0 Å². The molecule has 3 nitrogen and oxygen atoms in total. The number of hydrogen-bond acceptors (Lipinski definition) is 3. The molecule has 0 saturated carbocycles. The van der Waals surface area contributed by atoms with Crippen molar-refractivity contribution >= 4 is 17.6 Å². The van der Waals surface area contributed by atoms with Crippen LogP contribution in [0, 0.1) is 6.92 Å². The van der Waals surface area contributed by atoms with E-state index in [0.29, 0.717) is 22.4 Å². The predicted molar refractivity (Wildman–Crippen MR) is 79.5 cm³/mol. The first-order valence-electron chi connectivity index (χ1n) is 6.41. The lowest BCUT2D eigenvalue weighted by Gasteiger charge is -2.11. The molecule has 1 aromatic heterocycles. The Balaban J connectivity index is 2.17. The number of esters is 1. The van der Waals surface area contributed by atoms with Crippen LogP contribution in [0.4, 0.5) is 0 Å². The van der Waals surface area contributed by atoms with E-state index in [1.54, 1.807) is 18.2 Å². The summed E-state index contributed by atoms with van der Waals surface area (Å²) in [5, 5.41) is 0.363. The van der Waals surface area contributed by atoms with Gasteiger partial charge in [0.1, 0.15) is 10.9 Å². The van der Waals surface area contributed by atoms with E-state index in [-0.39, 0.29) is 0 Å². The van der Waals surface area contributed by atoms with Crippen LogP contribution in [-0.2, 0) is 0 Å². The predicted octanol–water partition coefficient (Wildman–Crippen LogP) is 4.39. The van der Waals surface area contributed by atoms with Gasteiger partial charge in [-0.25, -0.2) is 9.78 Å². The normalized spacial score (nSPS) is 10.7. The molecule has 0 N–H and O–H groups in total. The van der Waals surface area contributed by atoms with Gasteiger partial charge in [-0.2, -0.15) is 0 Å². The van der Waals surface area contributed by atoms with Crippen molar-refractivity contribution in [2.24, 2.45) is 0 Å². The number of nitrogens with zero attached hydrogens (tertiary/aromatic N) is 1. The highest BCUT2D eigenvalue weighted by molar-refractivity contribution is 6.29. The maximum atomic E-state index is 12.0. The van der Waals surface area contributed by atoms with Gasteiger partial charge in [-0.3, -0.25) is 0 Å². The SMILES string of the molecule is Cc1cc(C(=O)Oc2ccc(Cl)nc2)ccc1C(C)C. The van der Waals surface area contributed by atoms with Gasteiger partial charge in [0.15, 0.2) is 0 Å². The number of benzene rings is 1. The molecule has 0 spiro atoms. The van der Waals surface area contributed by atoms with E-state index >= 15 is 0 Å². The first-order chi connectivity index (χ1) is 9.47. The second-order valence-electron chi connectivity index (χ2n) is 4.93. The molecule has 2 aromatic rings. The first-order valence-corrected chi connectivity index (χ1v) is 6.79. The molecule has 0 unspecified atom stereocenters. The molecular formula is C16H16ClNO2. The zero-order valence-corrected chi connectivity index (χ0v) is 12.4. The number of hydrogen-bond donors (Lipinski definition) is 0. The third kappa shape index (κ3) is 3.36. The maximum absolute atomic E-state index is 12.0. The average Bonchev–Trinajstić information content (AvgIpc) is 2.40. The number of halogens is 1. The molecule has 0 aliphatic carbocycles. The minimum atomic E-state index is -0.396. The molecule has 0 fully saturated rings. The van der Waals surface area contributed by atoms with Gasteiger partial charge in [0.05, 0.1) is 11.8 Å². The molecule has 4 heteroatoms. The van der Waals surface area contributed by atoms with Crippen molar-refractivity contribution < 1.29 is 9.53 Å². The summed E-state index contributed by atoms with van der Waals surface area (Å²) >= 11 is 5.68. The molecule has 2 rings (SSSR count). The Morgan fingerprint density at radius 3 is 2.55 bits per heavy atom. The van der Waals surface area contributed by atoms with Crippen molar-refractivity contribution in [2.45, 2.75) is 26.7 Å². The largest absolute Gasteiger partial charge is 0.421 e. The van der Waals surface area contributed by atoms with Crippen molar-refractivity contribution in [3.8, 4) is 5.75 Å². The minimum absolute atomic E-state index is 0.363. The number of aryl methyl sites for hydroxylation is 1. The zero-order valence-electron chi connectivity index (χ0n) is 11.7. The average molecular weight is 290 g/mol. The molecule has 0 atom stereocenters. The van der Waals surface area contributed by atoms with E-state index in [1.165, 1.54) is 11.8 Å². The third-order valence-corrected chi connectivity index (χ3v) is 3.26. The number of ether oxygens (including phenoxy) is 1. The van der Waals surface area contributed by atoms with Crippen molar-refractivity contribution in [3.63, 3.8) is 0 Å². The quantitative estimate of drug-likeness (QED) is 0.621. The first kappa shape index (κ1) is 14.5. The molecule has 0 saturated heterocycles. The molecule has 20 heavy (non-hydrogen) atoms. The summed E-state index contributed by atoms with van der Waals surface area (Å²) in [6.07, 6.45) is 1.43. The molecule has 0 radical (unpaired) electrons. The Kier molecular flexibility index (Phi) is 4.40. The van der Waals surface area contributed by atoms with E-state index in [9.17, 15) is 4.79 Å². The van der Waals surface area contributed by atoms with Crippen LogP contribution in [-0.4, -0.2) is 11.0 Å². The molecule has 1 aromatic carbocycles. The summed E-state index contributed by atoms with van der Waals surface area (Å²) in [4.78, 5) is 15.9. The highest BCUT2D eigenvalue weighted by Crippen LogP contribution is 2.21. The second-order valence-corrected chi connectivity index (χ2v) is 5.32. The molecule has 0 aliphatic heterocycles. The summed E-state index contributed by atoms with van der Waals surface area (Å²) in [5.74, 6) is 0.415. The Morgan fingerprint density at radius 1 is 1.25 bits per heavy atom. The van der Waals surface area contributed by atoms with Gasteiger partial charge >= 0.3 is 5.97 Å². The summed E-state index contributed by atoms with van der Waals surface area (Å²) in [6.45, 7) is 6.25. The molecule has 0 bridgehead atoms. The van der Waals surface area contributed by atoms with Gasteiger partial charge < -0.3 is 4.74 Å². The molecular weight excluding hydrogens is 274 g/mol. The molecule has 104 valence electrons. The Bertz CT molecular complexity index is 621. The van der Waals surface area contributed by atoms with Crippen LogP contribution >= 0.6 is 11.6 Å². The minimum Gasteiger partial charge on any atom is -0.421 e. The van der Waals surface area contributed by atoms with Gasteiger partial charge in [0.25, 0.3) is 0 Å². The highest BCUT2D eigenvalue weighted by Gasteiger charge is 2.11. The second kappa shape index (κ2) is 6.06. The van der Waals surface area contributed by atoms with E-state index in [2.05, 4.69) is 18.8 Å². The van der Waals surface area contributed by atoms with Gasteiger partial charge in [0, 0.05) is 0 Å². The molecule has 0 aliphatic rings. The number of pyridine rings is 1. The van der Waals surface area contributed by atoms with E-state index in [1.807, 2.05) is 19.1 Å². The fourth-order valence-corrected chi connectivity index (χ4v) is 2.15. The number of rotatable bonds is 3. The van der Waals surface area contributed by atoms with Crippen LogP contribution in [0.3, 0.4) is 0 Å². The third-order valence-electron chi connectivity index (χ3n) is 3.04. The molecule has 1 heterocycles. The monoisotopic (exact) mass is 289 g/mol. The van der Waals surface area contributed by atoms with Crippen LogP contribution in [0.25, 0.3) is 0 Å². The number of carbonyl (C=O) groups is 1. The van der Waals surface area contributed by atoms with Gasteiger partial charge in [-0.05, 0) is 48.2 Å². The molecule has 0 amide bonds. The van der Waals surface area contributed by atoms with Gasteiger partial charge in [0.2, 0.25) is 0 Å². The summed E-state index contributed by atoms with van der Waals surface area (Å²) in [6, 6.07) is 8.80. The van der Waals surface area contributed by atoms with Crippen molar-refractivity contribution in [3.05, 3.63) is 58.4 Å². The summed E-state index contributed by atoms with van der Waals surface area (Å²) in [7, 11) is 0. The lowest BCUT2D eigenvalue weighted by atomic mass is 9.96. The van der Waals surface area contributed by atoms with E-state index < -0.39 is 5.97 Å². The Morgan fingerprint density at radius 2 is 2.00 bits per heavy atom. The van der Waals surface area contributed by atoms with E-state index in [4.69, 9.17) is 16.3 Å². The lowest BCUT2D eigenvalue weighted by molar-refractivity contribution is 0.0734. The summed E-state index contributed by atoms with van der Waals surface area (Å²) < 4.78 is 5.25. The fourth-order valence-electron chi connectivity index (χ4n) is 2.04.